The smallest absolute Gasteiger partial charge is 0.0829 e. The van der Waals surface area contributed by atoms with Gasteiger partial charge in [-0.25, -0.2) is 0 Å². The third kappa shape index (κ3) is 5.45. The van der Waals surface area contributed by atoms with Crippen LogP contribution in [0.25, 0.3) is 0 Å². The van der Waals surface area contributed by atoms with Gasteiger partial charge in [0.05, 0.1) is 18.8 Å². The summed E-state index contributed by atoms with van der Waals surface area (Å²) in [6, 6.07) is 2.19. The van der Waals surface area contributed by atoms with Crippen LogP contribution < -0.4 is 0 Å². The molecule has 0 spiro atoms. The molecule has 1 aliphatic heterocycles. The van der Waals surface area contributed by atoms with Crippen molar-refractivity contribution in [1.82, 2.24) is 9.80 Å². The quantitative estimate of drug-likeness (QED) is 0.631. The number of hydrogen-bond donors (Lipinski definition) is 0. The van der Waals surface area contributed by atoms with Crippen molar-refractivity contribution in [2.45, 2.75) is 25.4 Å². The summed E-state index contributed by atoms with van der Waals surface area (Å²) in [6.07, 6.45) is 3.18. The molecule has 1 aliphatic rings. The molecule has 1 rings (SSSR count). The summed E-state index contributed by atoms with van der Waals surface area (Å²) in [6.45, 7) is 5.02. The molecule has 0 amide bonds. The number of rotatable bonds is 6. The minimum absolute atomic E-state index is 0.347. The largest absolute Gasteiger partial charge is 0.374 e. The maximum atomic E-state index is 8.46. The van der Waals surface area contributed by atoms with E-state index in [1.807, 2.05) is 0 Å². The summed E-state index contributed by atoms with van der Waals surface area (Å²) in [5.41, 5.74) is 0. The van der Waals surface area contributed by atoms with Gasteiger partial charge in [0.15, 0.2) is 0 Å². The van der Waals surface area contributed by atoms with Crippen molar-refractivity contribution >= 4 is 0 Å². The lowest BCUT2D eigenvalue weighted by molar-refractivity contribution is -0.0382. The lowest BCUT2D eigenvalue weighted by atomic mass is 10.2. The van der Waals surface area contributed by atoms with Gasteiger partial charge in [-0.1, -0.05) is 0 Å². The zero-order valence-electron chi connectivity index (χ0n) is 10.5. The fraction of sp³-hybridized carbons (Fsp3) is 0.917. The van der Waals surface area contributed by atoms with Gasteiger partial charge in [-0.2, -0.15) is 5.26 Å². The van der Waals surface area contributed by atoms with E-state index in [-0.39, 0.29) is 0 Å². The van der Waals surface area contributed by atoms with Crippen LogP contribution in [0.1, 0.15) is 19.3 Å². The Bertz CT molecular complexity index is 225. The molecule has 1 saturated heterocycles. The fourth-order valence-electron chi connectivity index (χ4n) is 2.04. The summed E-state index contributed by atoms with van der Waals surface area (Å²) in [4.78, 5) is 4.62. The minimum Gasteiger partial charge on any atom is -0.374 e. The Hall–Kier alpha value is -0.630. The average molecular weight is 225 g/mol. The lowest BCUT2D eigenvalue weighted by Crippen LogP contribution is -2.46. The number of nitrogens with zero attached hydrogens (tertiary/aromatic N) is 3. The molecule has 0 aromatic carbocycles. The molecular weight excluding hydrogens is 202 g/mol. The van der Waals surface area contributed by atoms with E-state index in [0.717, 1.165) is 45.6 Å². The summed E-state index contributed by atoms with van der Waals surface area (Å²) >= 11 is 0. The number of likely N-dealkylation sites (N-methyl/N-ethyl adjacent to an activating group) is 1. The van der Waals surface area contributed by atoms with Gasteiger partial charge in [-0.15, -0.1) is 0 Å². The van der Waals surface area contributed by atoms with Crippen molar-refractivity contribution in [1.29, 1.82) is 5.26 Å². The van der Waals surface area contributed by atoms with Gasteiger partial charge in [0.25, 0.3) is 0 Å². The molecular formula is C12H23N3O. The zero-order valence-corrected chi connectivity index (χ0v) is 10.5. The van der Waals surface area contributed by atoms with E-state index in [0.29, 0.717) is 12.5 Å². The number of unbranched alkanes of at least 4 members (excludes halogenated alkanes) is 2. The Labute approximate surface area is 98.8 Å². The molecule has 1 fully saturated rings. The number of hydrogen-bond acceptors (Lipinski definition) is 4. The zero-order chi connectivity index (χ0) is 11.8. The predicted octanol–water partition coefficient (Wildman–Crippen LogP) is 0.943. The normalized spacial score (nSPS) is 22.2. The van der Waals surface area contributed by atoms with Crippen LogP contribution in [0, 0.1) is 11.3 Å². The Morgan fingerprint density at radius 3 is 2.94 bits per heavy atom. The molecule has 4 heteroatoms. The average Bonchev–Trinajstić information content (AvgIpc) is 2.24. The van der Waals surface area contributed by atoms with E-state index in [2.05, 4.69) is 30.0 Å². The minimum atomic E-state index is 0.347. The molecule has 0 bridgehead atoms. The highest BCUT2D eigenvalue weighted by molar-refractivity contribution is 4.74. The fourth-order valence-corrected chi connectivity index (χ4v) is 2.04. The highest BCUT2D eigenvalue weighted by atomic mass is 16.5. The Morgan fingerprint density at radius 1 is 1.44 bits per heavy atom. The van der Waals surface area contributed by atoms with Gasteiger partial charge in [0.1, 0.15) is 0 Å². The molecule has 0 saturated carbocycles. The molecule has 92 valence electrons. The molecule has 0 aromatic rings. The SMILES string of the molecule is CN(C)C[C@@H]1CN(CCCCC#N)CCO1. The van der Waals surface area contributed by atoms with Crippen LogP contribution in [0.2, 0.25) is 0 Å². The van der Waals surface area contributed by atoms with Gasteiger partial charge in [-0.05, 0) is 33.5 Å². The third-order valence-corrected chi connectivity index (χ3v) is 2.80. The molecule has 0 aliphatic carbocycles. The second-order valence-electron chi connectivity index (χ2n) is 4.67. The van der Waals surface area contributed by atoms with Crippen molar-refractivity contribution in [2.75, 3.05) is 46.9 Å². The van der Waals surface area contributed by atoms with Gasteiger partial charge in [0.2, 0.25) is 0 Å². The second-order valence-corrected chi connectivity index (χ2v) is 4.67. The first-order valence-corrected chi connectivity index (χ1v) is 6.08. The van der Waals surface area contributed by atoms with Crippen LogP contribution >= 0.6 is 0 Å². The number of ether oxygens (including phenoxy) is 1. The molecule has 0 aromatic heterocycles. The summed E-state index contributed by atoms with van der Waals surface area (Å²) in [7, 11) is 4.16. The van der Waals surface area contributed by atoms with Crippen LogP contribution in [0.5, 0.6) is 0 Å². The third-order valence-electron chi connectivity index (χ3n) is 2.80. The van der Waals surface area contributed by atoms with Crippen molar-refractivity contribution in [3.8, 4) is 6.07 Å². The highest BCUT2D eigenvalue weighted by Gasteiger charge is 2.20. The van der Waals surface area contributed by atoms with Crippen LogP contribution in [-0.4, -0.2) is 62.8 Å². The van der Waals surface area contributed by atoms with E-state index in [1.165, 1.54) is 0 Å². The number of morpholine rings is 1. The van der Waals surface area contributed by atoms with E-state index >= 15 is 0 Å². The summed E-state index contributed by atoms with van der Waals surface area (Å²) < 4.78 is 5.71. The topological polar surface area (TPSA) is 39.5 Å². The first kappa shape index (κ1) is 13.4. The second kappa shape index (κ2) is 7.61. The van der Waals surface area contributed by atoms with Crippen molar-refractivity contribution in [3.63, 3.8) is 0 Å². The monoisotopic (exact) mass is 225 g/mol. The van der Waals surface area contributed by atoms with Crippen LogP contribution in [0.15, 0.2) is 0 Å². The van der Waals surface area contributed by atoms with Gasteiger partial charge >= 0.3 is 0 Å². The van der Waals surface area contributed by atoms with E-state index < -0.39 is 0 Å². The van der Waals surface area contributed by atoms with Crippen LogP contribution in [-0.2, 0) is 4.74 Å². The molecule has 0 radical (unpaired) electrons. The Morgan fingerprint density at radius 2 is 2.25 bits per heavy atom. The summed E-state index contributed by atoms with van der Waals surface area (Å²) in [5.74, 6) is 0. The van der Waals surface area contributed by atoms with Gasteiger partial charge < -0.3 is 9.64 Å². The van der Waals surface area contributed by atoms with Crippen LogP contribution in [0.3, 0.4) is 0 Å². The standard InChI is InChI=1S/C12H23N3O/c1-14(2)10-12-11-15(8-9-16-12)7-5-3-4-6-13/h12H,3-5,7-11H2,1-2H3/t12-/m1/s1. The predicted molar refractivity (Wildman–Crippen MR) is 64.2 cm³/mol. The van der Waals surface area contributed by atoms with Crippen LogP contribution in [0.4, 0.5) is 0 Å². The van der Waals surface area contributed by atoms with E-state index in [4.69, 9.17) is 10.00 Å². The highest BCUT2D eigenvalue weighted by Crippen LogP contribution is 2.07. The lowest BCUT2D eigenvalue weighted by Gasteiger charge is -2.34. The van der Waals surface area contributed by atoms with Crippen molar-refractivity contribution in [3.05, 3.63) is 0 Å². The maximum Gasteiger partial charge on any atom is 0.0829 e. The first-order valence-electron chi connectivity index (χ1n) is 6.08. The van der Waals surface area contributed by atoms with E-state index in [1.54, 1.807) is 0 Å². The Balaban J connectivity index is 2.15. The van der Waals surface area contributed by atoms with E-state index in [9.17, 15) is 0 Å². The van der Waals surface area contributed by atoms with Gasteiger partial charge in [-0.3, -0.25) is 4.90 Å². The molecule has 0 unspecified atom stereocenters. The Kier molecular flexibility index (Phi) is 6.39. The molecule has 0 N–H and O–H groups in total. The maximum absolute atomic E-state index is 8.46. The molecule has 1 atom stereocenters. The van der Waals surface area contributed by atoms with Crippen molar-refractivity contribution in [2.24, 2.45) is 0 Å². The van der Waals surface area contributed by atoms with Crippen molar-refractivity contribution < 1.29 is 4.74 Å². The molecule has 1 heterocycles. The van der Waals surface area contributed by atoms with Gasteiger partial charge in [0, 0.05) is 26.1 Å². The summed E-state index contributed by atoms with van der Waals surface area (Å²) in [5, 5.41) is 8.46. The number of nitriles is 1. The molecule has 4 nitrogen and oxygen atoms in total. The first-order chi connectivity index (χ1) is 7.72. The molecule has 16 heavy (non-hydrogen) atoms.